The van der Waals surface area contributed by atoms with Crippen LogP contribution in [0.1, 0.15) is 213 Å². The Labute approximate surface area is 465 Å². The van der Waals surface area contributed by atoms with Crippen LogP contribution in [0, 0.1) is 0 Å². The summed E-state index contributed by atoms with van der Waals surface area (Å²) in [6.45, 7) is 5.67. The van der Waals surface area contributed by atoms with Crippen LogP contribution < -0.4 is 0 Å². The quantitative estimate of drug-likeness (QED) is 0.0228. The van der Waals surface area contributed by atoms with Gasteiger partial charge >= 0.3 is 23.9 Å². The fourth-order valence-corrected chi connectivity index (χ4v) is 8.03. The van der Waals surface area contributed by atoms with Crippen molar-refractivity contribution in [1.82, 2.24) is 0 Å². The molecular weight excluding hydrogens is 973 g/mol. The molecule has 0 aromatic heterocycles. The number of aliphatic hydroxyl groups is 2. The van der Waals surface area contributed by atoms with Crippen LogP contribution in [-0.2, 0) is 42.9 Å². The highest BCUT2D eigenvalue weighted by atomic mass is 16.7. The number of rotatable bonds is 48. The van der Waals surface area contributed by atoms with Crippen molar-refractivity contribution >= 4 is 23.9 Å². The van der Waals surface area contributed by atoms with Crippen LogP contribution in [0.2, 0.25) is 0 Å². The molecule has 12 heteroatoms. The van der Waals surface area contributed by atoms with E-state index in [4.69, 9.17) is 23.7 Å². The van der Waals surface area contributed by atoms with E-state index in [1.807, 2.05) is 6.08 Å². The summed E-state index contributed by atoms with van der Waals surface area (Å²) in [4.78, 5) is 51.1. The molecule has 0 aromatic rings. The highest BCUT2D eigenvalue weighted by Gasteiger charge is 2.50. The zero-order valence-corrected chi connectivity index (χ0v) is 47.7. The Morgan fingerprint density at radius 1 is 0.442 bits per heavy atom. The van der Waals surface area contributed by atoms with Crippen LogP contribution in [0.5, 0.6) is 0 Å². The second kappa shape index (κ2) is 51.9. The van der Waals surface area contributed by atoms with Gasteiger partial charge in [-0.2, -0.15) is 0 Å². The molecule has 0 radical (unpaired) electrons. The van der Waals surface area contributed by atoms with Gasteiger partial charge in [-0.15, -0.1) is 0 Å². The van der Waals surface area contributed by atoms with E-state index < -0.39 is 67.3 Å². The number of carbonyl (C=O) groups is 4. The van der Waals surface area contributed by atoms with Crippen LogP contribution in [0.4, 0.5) is 0 Å². The molecule has 0 saturated carbocycles. The first-order valence-electron chi connectivity index (χ1n) is 29.5. The summed E-state index contributed by atoms with van der Waals surface area (Å²) in [5, 5.41) is 31.5. The molecule has 1 aliphatic rings. The molecule has 1 saturated heterocycles. The molecule has 0 amide bonds. The number of aliphatic carboxylic acids is 1. The fraction of sp³-hybridized carbons (Fsp3) is 0.631. The van der Waals surface area contributed by atoms with Crippen LogP contribution in [0.3, 0.4) is 0 Å². The van der Waals surface area contributed by atoms with Gasteiger partial charge in [0.1, 0.15) is 18.8 Å². The first-order chi connectivity index (χ1) is 37.6. The molecule has 12 nitrogen and oxygen atoms in total. The second-order valence-corrected chi connectivity index (χ2v) is 19.5. The van der Waals surface area contributed by atoms with E-state index in [-0.39, 0.29) is 25.9 Å². The Hall–Kier alpha value is -4.88. The third kappa shape index (κ3) is 41.8. The summed E-state index contributed by atoms with van der Waals surface area (Å²) < 4.78 is 28.3. The monoisotopic (exact) mass is 1070 g/mol. The van der Waals surface area contributed by atoms with Gasteiger partial charge in [0.15, 0.2) is 24.6 Å². The van der Waals surface area contributed by atoms with Crippen LogP contribution in [0.25, 0.3) is 0 Å². The van der Waals surface area contributed by atoms with Crippen molar-refractivity contribution in [3.05, 3.63) is 122 Å². The highest BCUT2D eigenvalue weighted by Crippen LogP contribution is 2.26. The van der Waals surface area contributed by atoms with Gasteiger partial charge in [0.2, 0.25) is 0 Å². The van der Waals surface area contributed by atoms with Gasteiger partial charge in [-0.3, -0.25) is 14.4 Å². The molecule has 434 valence electrons. The zero-order valence-electron chi connectivity index (χ0n) is 47.7. The summed E-state index contributed by atoms with van der Waals surface area (Å²) in [6.07, 6.45) is 58.9. The minimum absolute atomic E-state index is 0.00442. The summed E-state index contributed by atoms with van der Waals surface area (Å²) in [6, 6.07) is 0. The number of hydrogen-bond acceptors (Lipinski definition) is 11. The summed E-state index contributed by atoms with van der Waals surface area (Å²) in [5.74, 6) is -3.28. The topological polar surface area (TPSA) is 175 Å². The highest BCUT2D eigenvalue weighted by molar-refractivity contribution is 5.74. The maximum Gasteiger partial charge on any atom is 0.335 e. The maximum absolute atomic E-state index is 13.1. The van der Waals surface area contributed by atoms with Gasteiger partial charge in [0.25, 0.3) is 0 Å². The maximum atomic E-state index is 13.1. The molecule has 0 aromatic carbocycles. The van der Waals surface area contributed by atoms with Gasteiger partial charge in [-0.25, -0.2) is 4.79 Å². The van der Waals surface area contributed by atoms with E-state index in [2.05, 4.69) is 136 Å². The number of aliphatic hydroxyl groups excluding tert-OH is 2. The van der Waals surface area contributed by atoms with Crippen LogP contribution in [0.15, 0.2) is 122 Å². The zero-order chi connectivity index (χ0) is 56.1. The lowest BCUT2D eigenvalue weighted by atomic mass is 9.98. The normalized spacial score (nSPS) is 18.9. The smallest absolute Gasteiger partial charge is 0.335 e. The number of hydrogen-bond donors (Lipinski definition) is 3. The van der Waals surface area contributed by atoms with E-state index in [1.54, 1.807) is 0 Å². The third-order valence-corrected chi connectivity index (χ3v) is 12.5. The Balaban J connectivity index is 2.77. The number of allylic oxidation sites excluding steroid dienone is 20. The lowest BCUT2D eigenvalue weighted by molar-refractivity contribution is -0.301. The van der Waals surface area contributed by atoms with E-state index in [1.165, 1.54) is 38.5 Å². The molecule has 0 aliphatic carbocycles. The summed E-state index contributed by atoms with van der Waals surface area (Å²) in [7, 11) is 0. The van der Waals surface area contributed by atoms with Crippen molar-refractivity contribution in [2.75, 3.05) is 13.2 Å². The Morgan fingerprint density at radius 2 is 0.831 bits per heavy atom. The van der Waals surface area contributed by atoms with Crippen LogP contribution >= 0.6 is 0 Å². The van der Waals surface area contributed by atoms with Crippen molar-refractivity contribution in [1.29, 1.82) is 0 Å². The predicted molar refractivity (Wildman–Crippen MR) is 312 cm³/mol. The third-order valence-electron chi connectivity index (χ3n) is 12.5. The fourth-order valence-electron chi connectivity index (χ4n) is 8.03. The molecular formula is C65H102O12. The molecule has 3 N–H and O–H groups in total. The van der Waals surface area contributed by atoms with Gasteiger partial charge in [0, 0.05) is 19.3 Å². The largest absolute Gasteiger partial charge is 0.479 e. The summed E-state index contributed by atoms with van der Waals surface area (Å²) in [5.41, 5.74) is 0. The second-order valence-electron chi connectivity index (χ2n) is 19.5. The minimum Gasteiger partial charge on any atom is -0.479 e. The molecule has 0 spiro atoms. The SMILES string of the molecule is CC/C=C\C/C=C\C/C=C\C/C=C\C/C=C\CCCC(=O)OCC(COC1OC(C(=O)O)C(O)C(O)C1OC(=O)CCCC/C=C\C/C=C\C/C=C\C/C=C\CC)OC(=O)CCCCCCC/C=C\CCCCCCCC. The van der Waals surface area contributed by atoms with Gasteiger partial charge in [-0.05, 0) is 122 Å². The lowest BCUT2D eigenvalue weighted by Crippen LogP contribution is -2.61. The van der Waals surface area contributed by atoms with Crippen molar-refractivity contribution in [2.45, 2.75) is 250 Å². The number of carboxylic acid groups (broad SMARTS) is 1. The Morgan fingerprint density at radius 3 is 1.32 bits per heavy atom. The number of esters is 3. The average Bonchev–Trinajstić information content (AvgIpc) is 3.42. The van der Waals surface area contributed by atoms with E-state index in [0.29, 0.717) is 32.1 Å². The van der Waals surface area contributed by atoms with Crippen molar-refractivity contribution in [3.8, 4) is 0 Å². The van der Waals surface area contributed by atoms with Gasteiger partial charge < -0.3 is 39.0 Å². The number of carbonyl (C=O) groups excluding carboxylic acids is 3. The van der Waals surface area contributed by atoms with Crippen LogP contribution in [-0.4, -0.2) is 89.2 Å². The first-order valence-corrected chi connectivity index (χ1v) is 29.5. The minimum atomic E-state index is -1.93. The van der Waals surface area contributed by atoms with Gasteiger partial charge in [0.05, 0.1) is 6.61 Å². The molecule has 6 unspecified atom stereocenters. The van der Waals surface area contributed by atoms with E-state index >= 15 is 0 Å². The molecule has 1 heterocycles. The lowest BCUT2D eigenvalue weighted by Gasteiger charge is -2.40. The van der Waals surface area contributed by atoms with E-state index in [0.717, 1.165) is 103 Å². The van der Waals surface area contributed by atoms with Crippen molar-refractivity contribution in [2.24, 2.45) is 0 Å². The molecule has 6 atom stereocenters. The van der Waals surface area contributed by atoms with Crippen molar-refractivity contribution < 1.29 is 58.2 Å². The number of carboxylic acids is 1. The molecule has 0 bridgehead atoms. The Kier molecular flexibility index (Phi) is 47.2. The average molecular weight is 1080 g/mol. The van der Waals surface area contributed by atoms with E-state index in [9.17, 15) is 34.5 Å². The molecule has 77 heavy (non-hydrogen) atoms. The van der Waals surface area contributed by atoms with Gasteiger partial charge in [-0.1, -0.05) is 194 Å². The number of ether oxygens (including phenoxy) is 5. The molecule has 1 fully saturated rings. The molecule has 1 aliphatic heterocycles. The predicted octanol–water partition coefficient (Wildman–Crippen LogP) is 15.2. The summed E-state index contributed by atoms with van der Waals surface area (Å²) >= 11 is 0. The number of unbranched alkanes of at least 4 members (excludes halogenated alkanes) is 14. The Bertz CT molecular complexity index is 1800. The first kappa shape index (κ1) is 70.1. The van der Waals surface area contributed by atoms with Crippen molar-refractivity contribution in [3.63, 3.8) is 0 Å². The molecule has 1 rings (SSSR count). The standard InChI is InChI=1S/C65H102O12/c1-4-7-10-13-16-19-22-25-28-29-32-33-36-39-42-45-48-51-57(66)73-54-56(75-58(67)52-49-46-43-40-37-34-30-26-23-20-17-14-11-8-5-2)55-74-65-63(61(70)60(69)62(77-65)64(71)72)76-59(68)53-50-47-44-41-38-35-31-27-24-21-18-15-12-9-6-3/h7,9-10,12,16,18-19,21,25-28,30-33,38-39,41-42,56,60-63,65,69-70H,4-6,8,11,13-15,17,20,22-24,29,34-37,40,43-55H2,1-3H3,(H,71,72)/b10-7-,12-9-,19-16-,21-18-,28-25-,30-26-,31-27-,33-32-,41-38-,42-39-.